The van der Waals surface area contributed by atoms with Crippen LogP contribution in [0.2, 0.25) is 0 Å². The molecule has 154 valence electrons. The van der Waals surface area contributed by atoms with E-state index in [0.29, 0.717) is 23.8 Å². The molecule has 8 heteroatoms. The maximum Gasteiger partial charge on any atom is 0.261 e. The van der Waals surface area contributed by atoms with Crippen molar-refractivity contribution >= 4 is 27.5 Å². The molecular weight excluding hydrogens is 408 g/mol. The van der Waals surface area contributed by atoms with Crippen molar-refractivity contribution in [1.82, 2.24) is 29.9 Å². The quantitative estimate of drug-likeness (QED) is 0.444. The van der Waals surface area contributed by atoms with Crippen LogP contribution in [-0.2, 0) is 13.1 Å². The third-order valence-electron chi connectivity index (χ3n) is 5.03. The van der Waals surface area contributed by atoms with Crippen LogP contribution in [-0.4, -0.2) is 30.5 Å². The summed E-state index contributed by atoms with van der Waals surface area (Å²) < 4.78 is 3.67. The average molecular weight is 429 g/mol. The van der Waals surface area contributed by atoms with Gasteiger partial charge in [-0.25, -0.2) is 9.67 Å². The van der Waals surface area contributed by atoms with Crippen molar-refractivity contribution in [2.24, 2.45) is 0 Å². The summed E-state index contributed by atoms with van der Waals surface area (Å²) in [7, 11) is 0. The van der Waals surface area contributed by atoms with Crippen molar-refractivity contribution in [2.45, 2.75) is 20.0 Å². The number of rotatable bonds is 6. The van der Waals surface area contributed by atoms with Gasteiger partial charge in [-0.05, 0) is 30.7 Å². The van der Waals surface area contributed by atoms with Gasteiger partial charge < -0.3 is 5.32 Å². The van der Waals surface area contributed by atoms with Crippen LogP contribution in [0, 0.1) is 6.92 Å². The lowest BCUT2D eigenvalue weighted by Gasteiger charge is -2.09. The van der Waals surface area contributed by atoms with Gasteiger partial charge in [0.2, 0.25) is 0 Å². The minimum atomic E-state index is -0.109. The Kier molecular flexibility index (Phi) is 5.05. The van der Waals surface area contributed by atoms with Gasteiger partial charge in [0, 0.05) is 36.1 Å². The molecule has 0 saturated carbocycles. The molecule has 1 N–H and O–H groups in total. The monoisotopic (exact) mass is 428 g/mol. The molecule has 0 fully saturated rings. The van der Waals surface area contributed by atoms with Gasteiger partial charge in [0.1, 0.15) is 4.83 Å². The van der Waals surface area contributed by atoms with Crippen LogP contribution >= 0.6 is 11.3 Å². The van der Waals surface area contributed by atoms with E-state index in [1.54, 1.807) is 17.1 Å². The standard InChI is InChI=1S/C23H20N6OS/c1-16-19-13-20(31-23(19)29(27-16)15-17-7-3-2-4-8-17)22(30)25-14-18-9-5-10-24-21(18)28-12-6-11-26-28/h2-13H,14-15H2,1H3,(H,25,30). The summed E-state index contributed by atoms with van der Waals surface area (Å²) in [6.07, 6.45) is 5.26. The van der Waals surface area contributed by atoms with E-state index in [1.165, 1.54) is 16.9 Å². The summed E-state index contributed by atoms with van der Waals surface area (Å²) in [6, 6.07) is 17.8. The lowest BCUT2D eigenvalue weighted by molar-refractivity contribution is 0.0955. The third kappa shape index (κ3) is 3.85. The Morgan fingerprint density at radius 3 is 2.77 bits per heavy atom. The number of thiophene rings is 1. The van der Waals surface area contributed by atoms with E-state index in [1.807, 2.05) is 60.3 Å². The van der Waals surface area contributed by atoms with Crippen LogP contribution in [0.3, 0.4) is 0 Å². The van der Waals surface area contributed by atoms with Gasteiger partial charge in [0.15, 0.2) is 5.82 Å². The number of fused-ring (bicyclic) bond motifs is 1. The highest BCUT2D eigenvalue weighted by atomic mass is 32.1. The molecule has 4 aromatic heterocycles. The Labute approximate surface area is 183 Å². The number of aryl methyl sites for hydroxylation is 1. The highest BCUT2D eigenvalue weighted by molar-refractivity contribution is 7.20. The van der Waals surface area contributed by atoms with E-state index >= 15 is 0 Å². The Morgan fingerprint density at radius 2 is 1.97 bits per heavy atom. The fourth-order valence-corrected chi connectivity index (χ4v) is 4.60. The second-order valence-corrected chi connectivity index (χ2v) is 8.21. The molecule has 0 saturated heterocycles. The molecule has 0 aliphatic carbocycles. The zero-order chi connectivity index (χ0) is 21.2. The van der Waals surface area contributed by atoms with Crippen molar-refractivity contribution in [3.8, 4) is 5.82 Å². The molecule has 4 heterocycles. The molecule has 0 bridgehead atoms. The summed E-state index contributed by atoms with van der Waals surface area (Å²) in [4.78, 5) is 19.0. The van der Waals surface area contributed by atoms with Crippen LogP contribution < -0.4 is 5.32 Å². The number of carbonyl (C=O) groups excluding carboxylic acids is 1. The summed E-state index contributed by atoms with van der Waals surface area (Å²) in [5.41, 5.74) is 3.00. The summed E-state index contributed by atoms with van der Waals surface area (Å²) in [5.74, 6) is 0.598. The minimum Gasteiger partial charge on any atom is -0.347 e. The van der Waals surface area contributed by atoms with Gasteiger partial charge in [-0.2, -0.15) is 10.2 Å². The number of hydrogen-bond acceptors (Lipinski definition) is 5. The zero-order valence-corrected chi connectivity index (χ0v) is 17.7. The topological polar surface area (TPSA) is 77.6 Å². The van der Waals surface area contributed by atoms with Crippen molar-refractivity contribution in [1.29, 1.82) is 0 Å². The van der Waals surface area contributed by atoms with Crippen molar-refractivity contribution in [2.75, 3.05) is 0 Å². The maximum absolute atomic E-state index is 12.9. The number of nitrogens with one attached hydrogen (secondary N) is 1. The van der Waals surface area contributed by atoms with Crippen molar-refractivity contribution in [3.05, 3.63) is 94.9 Å². The first-order valence-electron chi connectivity index (χ1n) is 9.92. The number of nitrogens with zero attached hydrogens (tertiary/aromatic N) is 5. The molecule has 0 spiro atoms. The lowest BCUT2D eigenvalue weighted by Crippen LogP contribution is -2.23. The summed E-state index contributed by atoms with van der Waals surface area (Å²) in [6.45, 7) is 3.02. The molecule has 0 aliphatic rings. The highest BCUT2D eigenvalue weighted by Crippen LogP contribution is 2.29. The van der Waals surface area contributed by atoms with E-state index in [-0.39, 0.29) is 5.91 Å². The molecule has 5 rings (SSSR count). The van der Waals surface area contributed by atoms with Gasteiger partial charge in [-0.3, -0.25) is 9.48 Å². The predicted molar refractivity (Wildman–Crippen MR) is 120 cm³/mol. The van der Waals surface area contributed by atoms with Gasteiger partial charge >= 0.3 is 0 Å². The Bertz CT molecular complexity index is 1340. The average Bonchev–Trinajstić information content (AvgIpc) is 3.53. The molecule has 0 unspecified atom stereocenters. The van der Waals surface area contributed by atoms with Crippen LogP contribution in [0.25, 0.3) is 16.0 Å². The van der Waals surface area contributed by atoms with Crippen LogP contribution in [0.1, 0.15) is 26.5 Å². The Hall–Kier alpha value is -3.78. The van der Waals surface area contributed by atoms with E-state index in [4.69, 9.17) is 0 Å². The van der Waals surface area contributed by atoms with E-state index < -0.39 is 0 Å². The largest absolute Gasteiger partial charge is 0.347 e. The molecule has 7 nitrogen and oxygen atoms in total. The van der Waals surface area contributed by atoms with E-state index in [9.17, 15) is 4.79 Å². The second kappa shape index (κ2) is 8.16. The molecule has 0 radical (unpaired) electrons. The molecule has 1 aromatic carbocycles. The number of benzene rings is 1. The number of pyridine rings is 1. The normalized spacial score (nSPS) is 11.1. The molecule has 0 atom stereocenters. The van der Waals surface area contributed by atoms with Gasteiger partial charge in [0.05, 0.1) is 17.1 Å². The number of aromatic nitrogens is 5. The van der Waals surface area contributed by atoms with Crippen molar-refractivity contribution < 1.29 is 4.79 Å². The van der Waals surface area contributed by atoms with Gasteiger partial charge in [0.25, 0.3) is 5.91 Å². The zero-order valence-electron chi connectivity index (χ0n) is 16.9. The number of carbonyl (C=O) groups is 1. The lowest BCUT2D eigenvalue weighted by atomic mass is 10.2. The fraction of sp³-hybridized carbons (Fsp3) is 0.130. The van der Waals surface area contributed by atoms with E-state index in [2.05, 4.69) is 32.6 Å². The summed E-state index contributed by atoms with van der Waals surface area (Å²) in [5, 5.41) is 12.9. The number of hydrogen-bond donors (Lipinski definition) is 1. The molecule has 0 aliphatic heterocycles. The minimum absolute atomic E-state index is 0.109. The first-order valence-corrected chi connectivity index (χ1v) is 10.7. The molecule has 31 heavy (non-hydrogen) atoms. The van der Waals surface area contributed by atoms with Crippen LogP contribution in [0.5, 0.6) is 0 Å². The first-order chi connectivity index (χ1) is 15.2. The smallest absolute Gasteiger partial charge is 0.261 e. The highest BCUT2D eigenvalue weighted by Gasteiger charge is 2.17. The van der Waals surface area contributed by atoms with Gasteiger partial charge in [-0.1, -0.05) is 36.4 Å². The Balaban J connectivity index is 1.36. The second-order valence-electron chi connectivity index (χ2n) is 7.18. The van der Waals surface area contributed by atoms with Gasteiger partial charge in [-0.15, -0.1) is 11.3 Å². The summed E-state index contributed by atoms with van der Waals surface area (Å²) >= 11 is 1.46. The SMILES string of the molecule is Cc1nn(Cc2ccccc2)c2sc(C(=O)NCc3cccnc3-n3cccn3)cc12. The molecular formula is C23H20N6OS. The maximum atomic E-state index is 12.9. The third-order valence-corrected chi connectivity index (χ3v) is 6.18. The van der Waals surface area contributed by atoms with Crippen molar-refractivity contribution in [3.63, 3.8) is 0 Å². The fourth-order valence-electron chi connectivity index (χ4n) is 3.52. The molecule has 5 aromatic rings. The van der Waals surface area contributed by atoms with Crippen LogP contribution in [0.15, 0.2) is 73.2 Å². The predicted octanol–water partition coefficient (Wildman–Crippen LogP) is 3.97. The first kappa shape index (κ1) is 19.2. The molecule has 1 amide bonds. The number of amides is 1. The van der Waals surface area contributed by atoms with E-state index in [0.717, 1.165) is 21.5 Å². The van der Waals surface area contributed by atoms with Crippen LogP contribution in [0.4, 0.5) is 0 Å². The Morgan fingerprint density at radius 1 is 1.10 bits per heavy atom.